The second-order valence-electron chi connectivity index (χ2n) is 5.40. The highest BCUT2D eigenvalue weighted by Crippen LogP contribution is 2.41. The maximum Gasteiger partial charge on any atom is 0.356 e. The predicted octanol–water partition coefficient (Wildman–Crippen LogP) is 1.76. The molecule has 6 nitrogen and oxygen atoms in total. The Balaban J connectivity index is 1.58. The lowest BCUT2D eigenvalue weighted by molar-refractivity contribution is -0.127. The van der Waals surface area contributed by atoms with Crippen LogP contribution in [0.5, 0.6) is 0 Å². The molecule has 0 unspecified atom stereocenters. The van der Waals surface area contributed by atoms with Crippen molar-refractivity contribution in [3.63, 3.8) is 0 Å². The highest BCUT2D eigenvalue weighted by molar-refractivity contribution is 5.89. The van der Waals surface area contributed by atoms with Crippen molar-refractivity contribution < 1.29 is 14.3 Å². The number of ether oxygens (including phenoxy) is 1. The standard InChI is InChI=1S/C16H17N3O3/c20-14(11-22-15(21)13-7-10-17-19-13)18-16(8-4-9-16)12-5-2-1-3-6-12/h1-3,5-7,10H,4,8-9,11H2,(H,17,19)(H,18,20). The van der Waals surface area contributed by atoms with Crippen LogP contribution >= 0.6 is 0 Å². The second-order valence-corrected chi connectivity index (χ2v) is 5.40. The Morgan fingerprint density at radius 2 is 2.00 bits per heavy atom. The fraction of sp³-hybridized carbons (Fsp3) is 0.312. The zero-order valence-corrected chi connectivity index (χ0v) is 12.0. The van der Waals surface area contributed by atoms with Gasteiger partial charge < -0.3 is 10.1 Å². The zero-order valence-electron chi connectivity index (χ0n) is 12.0. The van der Waals surface area contributed by atoms with E-state index in [1.54, 1.807) is 0 Å². The monoisotopic (exact) mass is 299 g/mol. The third-order valence-electron chi connectivity index (χ3n) is 3.97. The number of esters is 1. The Kier molecular flexibility index (Phi) is 3.91. The molecule has 0 atom stereocenters. The number of benzene rings is 1. The average molecular weight is 299 g/mol. The molecule has 22 heavy (non-hydrogen) atoms. The van der Waals surface area contributed by atoms with Crippen molar-refractivity contribution in [2.24, 2.45) is 0 Å². The van der Waals surface area contributed by atoms with E-state index in [-0.39, 0.29) is 23.7 Å². The number of aromatic nitrogens is 2. The van der Waals surface area contributed by atoms with Gasteiger partial charge in [-0.2, -0.15) is 5.10 Å². The van der Waals surface area contributed by atoms with Gasteiger partial charge in [0.25, 0.3) is 5.91 Å². The van der Waals surface area contributed by atoms with E-state index in [9.17, 15) is 9.59 Å². The van der Waals surface area contributed by atoms with Gasteiger partial charge in [-0.25, -0.2) is 4.79 Å². The summed E-state index contributed by atoms with van der Waals surface area (Å²) in [6.07, 6.45) is 4.33. The number of nitrogens with one attached hydrogen (secondary N) is 2. The molecule has 2 aromatic rings. The average Bonchev–Trinajstić information content (AvgIpc) is 3.04. The highest BCUT2D eigenvalue weighted by Gasteiger charge is 2.39. The summed E-state index contributed by atoms with van der Waals surface area (Å²) in [6.45, 7) is -0.299. The number of carbonyl (C=O) groups is 2. The maximum absolute atomic E-state index is 12.1. The van der Waals surface area contributed by atoms with Gasteiger partial charge in [-0.1, -0.05) is 30.3 Å². The van der Waals surface area contributed by atoms with Crippen molar-refractivity contribution in [1.29, 1.82) is 0 Å². The normalized spacial score (nSPS) is 15.6. The number of amides is 1. The number of carbonyl (C=O) groups excluding carboxylic acids is 2. The first kappa shape index (κ1) is 14.3. The summed E-state index contributed by atoms with van der Waals surface area (Å²) in [6, 6.07) is 11.4. The van der Waals surface area contributed by atoms with Crippen LogP contribution in [0.15, 0.2) is 42.6 Å². The molecule has 1 aromatic carbocycles. The Morgan fingerprint density at radius 3 is 2.59 bits per heavy atom. The quantitative estimate of drug-likeness (QED) is 0.824. The number of H-pyrrole nitrogens is 1. The molecule has 1 aliphatic rings. The molecular weight excluding hydrogens is 282 g/mol. The lowest BCUT2D eigenvalue weighted by Crippen LogP contribution is -2.51. The smallest absolute Gasteiger partial charge is 0.356 e. The lowest BCUT2D eigenvalue weighted by atomic mass is 9.72. The van der Waals surface area contributed by atoms with Crippen molar-refractivity contribution in [2.75, 3.05) is 6.61 Å². The number of hydrogen-bond acceptors (Lipinski definition) is 4. The van der Waals surface area contributed by atoms with Gasteiger partial charge in [0, 0.05) is 6.20 Å². The van der Waals surface area contributed by atoms with Gasteiger partial charge >= 0.3 is 5.97 Å². The first-order valence-corrected chi connectivity index (χ1v) is 7.23. The number of nitrogens with zero attached hydrogens (tertiary/aromatic N) is 1. The molecule has 114 valence electrons. The summed E-state index contributed by atoms with van der Waals surface area (Å²) in [5.41, 5.74) is 1.00. The zero-order chi connectivity index (χ0) is 15.4. The van der Waals surface area contributed by atoms with Crippen LogP contribution < -0.4 is 5.32 Å². The van der Waals surface area contributed by atoms with E-state index in [1.165, 1.54) is 12.3 Å². The molecule has 0 aliphatic heterocycles. The van der Waals surface area contributed by atoms with Crippen molar-refractivity contribution in [2.45, 2.75) is 24.8 Å². The molecule has 0 radical (unpaired) electrons. The maximum atomic E-state index is 12.1. The van der Waals surface area contributed by atoms with Crippen molar-refractivity contribution in [3.05, 3.63) is 53.9 Å². The summed E-state index contributed by atoms with van der Waals surface area (Å²) in [7, 11) is 0. The van der Waals surface area contributed by atoms with Crippen LogP contribution in [0, 0.1) is 0 Å². The molecule has 0 spiro atoms. The first-order valence-electron chi connectivity index (χ1n) is 7.23. The van der Waals surface area contributed by atoms with E-state index in [0.717, 1.165) is 24.8 Å². The van der Waals surface area contributed by atoms with Crippen LogP contribution in [0.2, 0.25) is 0 Å². The topological polar surface area (TPSA) is 84.1 Å². The van der Waals surface area contributed by atoms with Crippen molar-refractivity contribution >= 4 is 11.9 Å². The van der Waals surface area contributed by atoms with E-state index in [1.807, 2.05) is 30.3 Å². The molecule has 1 fully saturated rings. The van der Waals surface area contributed by atoms with Gasteiger partial charge in [-0.15, -0.1) is 0 Å². The van der Waals surface area contributed by atoms with Crippen molar-refractivity contribution in [1.82, 2.24) is 15.5 Å². The summed E-state index contributed by atoms with van der Waals surface area (Å²) in [5.74, 6) is -0.883. The Bertz CT molecular complexity index is 649. The molecule has 3 rings (SSSR count). The predicted molar refractivity (Wildman–Crippen MR) is 79.0 cm³/mol. The van der Waals surface area contributed by atoms with Gasteiger partial charge in [0.1, 0.15) is 5.69 Å². The molecule has 1 saturated carbocycles. The van der Waals surface area contributed by atoms with Crippen LogP contribution in [-0.4, -0.2) is 28.7 Å². The van der Waals surface area contributed by atoms with E-state index < -0.39 is 5.97 Å². The first-order chi connectivity index (χ1) is 10.7. The molecular formula is C16H17N3O3. The van der Waals surface area contributed by atoms with Crippen LogP contribution in [0.4, 0.5) is 0 Å². The highest BCUT2D eigenvalue weighted by atomic mass is 16.5. The lowest BCUT2D eigenvalue weighted by Gasteiger charge is -2.43. The summed E-state index contributed by atoms with van der Waals surface area (Å²) < 4.78 is 4.98. The van der Waals surface area contributed by atoms with Crippen LogP contribution in [0.3, 0.4) is 0 Å². The number of rotatable bonds is 5. The van der Waals surface area contributed by atoms with Crippen LogP contribution in [-0.2, 0) is 15.1 Å². The summed E-state index contributed by atoms with van der Waals surface area (Å²) in [4.78, 5) is 23.7. The van der Waals surface area contributed by atoms with E-state index in [4.69, 9.17) is 4.74 Å². The van der Waals surface area contributed by atoms with Gasteiger partial charge in [0.2, 0.25) is 0 Å². The second kappa shape index (κ2) is 6.01. The Morgan fingerprint density at radius 1 is 1.23 bits per heavy atom. The van der Waals surface area contributed by atoms with E-state index in [2.05, 4.69) is 15.5 Å². The fourth-order valence-corrected chi connectivity index (χ4v) is 2.65. The number of hydrogen-bond donors (Lipinski definition) is 2. The van der Waals surface area contributed by atoms with E-state index in [0.29, 0.717) is 0 Å². The minimum atomic E-state index is -0.588. The minimum Gasteiger partial charge on any atom is -0.451 e. The Labute approximate surface area is 127 Å². The van der Waals surface area contributed by atoms with Gasteiger partial charge in [-0.05, 0) is 30.9 Å². The van der Waals surface area contributed by atoms with Crippen LogP contribution in [0.25, 0.3) is 0 Å². The summed E-state index contributed by atoms with van der Waals surface area (Å²) in [5, 5.41) is 9.17. The molecule has 2 N–H and O–H groups in total. The van der Waals surface area contributed by atoms with E-state index >= 15 is 0 Å². The molecule has 1 amide bonds. The van der Waals surface area contributed by atoms with Crippen molar-refractivity contribution in [3.8, 4) is 0 Å². The van der Waals surface area contributed by atoms with Gasteiger partial charge in [0.05, 0.1) is 5.54 Å². The third-order valence-corrected chi connectivity index (χ3v) is 3.97. The molecule has 0 bridgehead atoms. The van der Waals surface area contributed by atoms with Gasteiger partial charge in [0.15, 0.2) is 6.61 Å². The molecule has 6 heteroatoms. The largest absolute Gasteiger partial charge is 0.451 e. The third kappa shape index (κ3) is 2.86. The molecule has 1 aromatic heterocycles. The molecule has 1 heterocycles. The van der Waals surface area contributed by atoms with Gasteiger partial charge in [-0.3, -0.25) is 9.89 Å². The number of aromatic amines is 1. The Hall–Kier alpha value is -2.63. The van der Waals surface area contributed by atoms with Crippen LogP contribution in [0.1, 0.15) is 35.3 Å². The fourth-order valence-electron chi connectivity index (χ4n) is 2.65. The summed E-state index contributed by atoms with van der Waals surface area (Å²) >= 11 is 0. The SMILES string of the molecule is O=C(COC(=O)c1ccn[nH]1)NC1(c2ccccc2)CCC1. The molecule has 0 saturated heterocycles. The molecule has 1 aliphatic carbocycles. The minimum absolute atomic E-state index is 0.231.